The molecule has 0 atom stereocenters. The Kier molecular flexibility index (Phi) is 8.68. The topological polar surface area (TPSA) is 56.3 Å². The molecule has 1 aromatic heterocycles. The number of amidine groups is 1. The van der Waals surface area contributed by atoms with Gasteiger partial charge in [-0.3, -0.25) is 9.89 Å². The van der Waals surface area contributed by atoms with Crippen LogP contribution in [0.1, 0.15) is 19.7 Å². The van der Waals surface area contributed by atoms with Crippen LogP contribution in [0.25, 0.3) is 0 Å². The molecule has 2 N–H and O–H groups in total. The van der Waals surface area contributed by atoms with E-state index in [0.717, 1.165) is 24.7 Å². The number of nitrogens with one attached hydrogen (secondary N) is 2. The predicted molar refractivity (Wildman–Crippen MR) is 73.0 cm³/mol. The van der Waals surface area contributed by atoms with Crippen molar-refractivity contribution in [3.05, 3.63) is 31.0 Å². The van der Waals surface area contributed by atoms with Gasteiger partial charge in [0.2, 0.25) is 0 Å². The first-order chi connectivity index (χ1) is 8.26. The second-order valence-corrected chi connectivity index (χ2v) is 3.23. The molecule has 0 fully saturated rings. The highest BCUT2D eigenvalue weighted by atomic mass is 15.2. The van der Waals surface area contributed by atoms with Crippen LogP contribution in [-0.4, -0.2) is 41.3 Å². The van der Waals surface area contributed by atoms with E-state index in [0.29, 0.717) is 0 Å². The van der Waals surface area contributed by atoms with Gasteiger partial charge in [0.25, 0.3) is 0 Å². The first-order valence-electron chi connectivity index (χ1n) is 5.76. The molecule has 5 heteroatoms. The minimum Gasteiger partial charge on any atom is -0.350 e. The third-order valence-electron chi connectivity index (χ3n) is 1.93. The van der Waals surface area contributed by atoms with Crippen molar-refractivity contribution in [1.82, 2.24) is 20.2 Å². The fourth-order valence-electron chi connectivity index (χ4n) is 1.25. The van der Waals surface area contributed by atoms with Crippen molar-refractivity contribution >= 4 is 5.84 Å². The van der Waals surface area contributed by atoms with Crippen molar-refractivity contribution in [2.24, 2.45) is 4.99 Å². The van der Waals surface area contributed by atoms with Gasteiger partial charge in [0.05, 0.1) is 13.1 Å². The van der Waals surface area contributed by atoms with Gasteiger partial charge in [-0.05, 0) is 13.2 Å². The largest absolute Gasteiger partial charge is 0.350 e. The van der Waals surface area contributed by atoms with Crippen LogP contribution in [0.3, 0.4) is 0 Å². The Morgan fingerprint density at radius 3 is 2.82 bits per heavy atom. The molecule has 0 radical (unpaired) electrons. The Morgan fingerprint density at radius 2 is 2.35 bits per heavy atom. The lowest BCUT2D eigenvalue weighted by Gasteiger charge is -2.16. The summed E-state index contributed by atoms with van der Waals surface area (Å²) in [6, 6.07) is 0. The molecule has 0 aliphatic carbocycles. The average Bonchev–Trinajstić information content (AvgIpc) is 2.83. The fraction of sp³-hybridized carbons (Fsp3) is 0.500. The number of hydrogen-bond acceptors (Lipinski definition) is 3. The number of nitrogens with zero attached hydrogens (tertiary/aromatic N) is 3. The molecular formula is C12H23N5. The van der Waals surface area contributed by atoms with Crippen LogP contribution in [0.5, 0.6) is 0 Å². The van der Waals surface area contributed by atoms with Crippen LogP contribution in [0.4, 0.5) is 0 Å². The molecule has 1 heterocycles. The minimum atomic E-state index is 0.739. The van der Waals surface area contributed by atoms with E-state index in [2.05, 4.69) is 31.8 Å². The number of aromatic nitrogens is 2. The summed E-state index contributed by atoms with van der Waals surface area (Å²) in [5.74, 6) is 1.84. The monoisotopic (exact) mass is 237 g/mol. The summed E-state index contributed by atoms with van der Waals surface area (Å²) in [7, 11) is 3.77. The van der Waals surface area contributed by atoms with Crippen molar-refractivity contribution in [3.8, 4) is 0 Å². The standard InChI is InChI=1S/C10H17N5.C2H6/c1-4-12-9(11-2)7-15(3)8-10-13-5-6-14-10;1-2/h4-6H,1,7-8H2,2-3H3,(H,11,12)(H,13,14);1-2H3. The van der Waals surface area contributed by atoms with Crippen molar-refractivity contribution in [2.75, 3.05) is 20.6 Å². The molecular weight excluding hydrogens is 214 g/mol. The van der Waals surface area contributed by atoms with Gasteiger partial charge in [0, 0.05) is 19.4 Å². The number of rotatable bonds is 5. The van der Waals surface area contributed by atoms with Crippen molar-refractivity contribution in [1.29, 1.82) is 0 Å². The zero-order valence-corrected chi connectivity index (χ0v) is 11.2. The lowest BCUT2D eigenvalue weighted by Crippen LogP contribution is -2.32. The molecule has 0 aromatic carbocycles. The van der Waals surface area contributed by atoms with Crippen molar-refractivity contribution in [2.45, 2.75) is 20.4 Å². The molecule has 1 rings (SSSR count). The molecule has 0 spiro atoms. The highest BCUT2D eigenvalue weighted by molar-refractivity contribution is 5.84. The minimum absolute atomic E-state index is 0.739. The molecule has 0 bridgehead atoms. The van der Waals surface area contributed by atoms with E-state index in [1.165, 1.54) is 0 Å². The van der Waals surface area contributed by atoms with E-state index in [4.69, 9.17) is 0 Å². The fourth-order valence-corrected chi connectivity index (χ4v) is 1.25. The highest BCUT2D eigenvalue weighted by Gasteiger charge is 2.04. The number of imidazole rings is 1. The first kappa shape index (κ1) is 15.4. The van der Waals surface area contributed by atoms with Crippen LogP contribution in [0.15, 0.2) is 30.2 Å². The molecule has 0 saturated heterocycles. The Bertz CT molecular complexity index is 316. The second kappa shape index (κ2) is 9.59. The van der Waals surface area contributed by atoms with Crippen LogP contribution in [0, 0.1) is 0 Å². The maximum atomic E-state index is 4.16. The molecule has 0 amide bonds. The predicted octanol–water partition coefficient (Wildman–Crippen LogP) is 1.63. The second-order valence-electron chi connectivity index (χ2n) is 3.23. The summed E-state index contributed by atoms with van der Waals surface area (Å²) in [6.45, 7) is 9.11. The molecule has 96 valence electrons. The molecule has 0 unspecified atom stereocenters. The van der Waals surface area contributed by atoms with E-state index in [9.17, 15) is 0 Å². The van der Waals surface area contributed by atoms with E-state index >= 15 is 0 Å². The molecule has 1 aromatic rings. The van der Waals surface area contributed by atoms with E-state index in [1.807, 2.05) is 27.1 Å². The third-order valence-corrected chi connectivity index (χ3v) is 1.93. The van der Waals surface area contributed by atoms with Crippen LogP contribution < -0.4 is 5.32 Å². The van der Waals surface area contributed by atoms with Crippen LogP contribution in [-0.2, 0) is 6.54 Å². The van der Waals surface area contributed by atoms with Crippen LogP contribution >= 0.6 is 0 Å². The Hall–Kier alpha value is -1.62. The Morgan fingerprint density at radius 1 is 1.65 bits per heavy atom. The zero-order valence-electron chi connectivity index (χ0n) is 11.2. The molecule has 0 aliphatic rings. The van der Waals surface area contributed by atoms with Gasteiger partial charge in [-0.1, -0.05) is 20.4 Å². The molecule has 17 heavy (non-hydrogen) atoms. The van der Waals surface area contributed by atoms with Gasteiger partial charge in [0.15, 0.2) is 0 Å². The van der Waals surface area contributed by atoms with Gasteiger partial charge in [-0.15, -0.1) is 0 Å². The summed E-state index contributed by atoms with van der Waals surface area (Å²) in [5, 5.41) is 2.98. The normalized spacial score (nSPS) is 10.8. The SMILES string of the molecule is C=CNC(CN(C)Cc1ncc[nH]1)=NC.CC. The van der Waals surface area contributed by atoms with Crippen molar-refractivity contribution in [3.63, 3.8) is 0 Å². The summed E-state index contributed by atoms with van der Waals surface area (Å²) in [5.41, 5.74) is 0. The van der Waals surface area contributed by atoms with Gasteiger partial charge in [-0.2, -0.15) is 0 Å². The summed E-state index contributed by atoms with van der Waals surface area (Å²) >= 11 is 0. The van der Waals surface area contributed by atoms with Gasteiger partial charge in [-0.25, -0.2) is 4.98 Å². The van der Waals surface area contributed by atoms with Crippen molar-refractivity contribution < 1.29 is 0 Å². The number of aliphatic imine (C=N–C) groups is 1. The Balaban J connectivity index is 0.00000121. The summed E-state index contributed by atoms with van der Waals surface area (Å²) in [4.78, 5) is 13.4. The lowest BCUT2D eigenvalue weighted by molar-refractivity contribution is 0.362. The molecule has 5 nitrogen and oxygen atoms in total. The first-order valence-corrected chi connectivity index (χ1v) is 5.76. The maximum absolute atomic E-state index is 4.16. The lowest BCUT2D eigenvalue weighted by atomic mass is 10.4. The number of H-pyrrole nitrogens is 1. The number of aromatic amines is 1. The van der Waals surface area contributed by atoms with Gasteiger partial charge >= 0.3 is 0 Å². The molecule has 0 aliphatic heterocycles. The number of hydrogen-bond donors (Lipinski definition) is 2. The van der Waals surface area contributed by atoms with Crippen LogP contribution in [0.2, 0.25) is 0 Å². The number of likely N-dealkylation sites (N-methyl/N-ethyl adjacent to an activating group) is 1. The van der Waals surface area contributed by atoms with Gasteiger partial charge < -0.3 is 10.3 Å². The van der Waals surface area contributed by atoms with E-state index in [1.54, 1.807) is 19.4 Å². The third kappa shape index (κ3) is 6.52. The Labute approximate surface area is 104 Å². The maximum Gasteiger partial charge on any atom is 0.120 e. The molecule has 0 saturated carbocycles. The smallest absolute Gasteiger partial charge is 0.120 e. The van der Waals surface area contributed by atoms with E-state index in [-0.39, 0.29) is 0 Å². The zero-order chi connectivity index (χ0) is 13.1. The highest BCUT2D eigenvalue weighted by Crippen LogP contribution is 1.95. The van der Waals surface area contributed by atoms with E-state index < -0.39 is 0 Å². The average molecular weight is 237 g/mol. The summed E-state index contributed by atoms with van der Waals surface area (Å²) in [6.07, 6.45) is 5.20. The summed E-state index contributed by atoms with van der Waals surface area (Å²) < 4.78 is 0. The quantitative estimate of drug-likeness (QED) is 0.604. The van der Waals surface area contributed by atoms with Gasteiger partial charge in [0.1, 0.15) is 11.7 Å².